The summed E-state index contributed by atoms with van der Waals surface area (Å²) in [6.07, 6.45) is 2.17. The Hall–Kier alpha value is -0.810. The molecule has 0 aromatic rings. The monoisotopic (exact) mass is 159 g/mol. The highest BCUT2D eigenvalue weighted by atomic mass is 16.5. The molecule has 0 heterocycles. The number of aliphatic hydroxyl groups is 1. The molecule has 64 valence electrons. The lowest BCUT2D eigenvalue weighted by atomic mass is 10.2. The molecule has 5 N–H and O–H groups in total. The Morgan fingerprint density at radius 2 is 2.27 bits per heavy atom. The smallest absolute Gasteiger partial charge is 0.213 e. The molecular formula is C6H13N3O2. The van der Waals surface area contributed by atoms with Crippen molar-refractivity contribution in [3.05, 3.63) is 0 Å². The van der Waals surface area contributed by atoms with Gasteiger partial charge in [0, 0.05) is 0 Å². The van der Waals surface area contributed by atoms with E-state index in [9.17, 15) is 5.11 Å². The van der Waals surface area contributed by atoms with Crippen LogP contribution in [0.2, 0.25) is 0 Å². The zero-order chi connectivity index (χ0) is 8.27. The summed E-state index contributed by atoms with van der Waals surface area (Å²) in [7, 11) is 0. The maximum atomic E-state index is 9.26. The number of aliphatic hydroxyl groups excluding tert-OH is 1. The van der Waals surface area contributed by atoms with Crippen molar-refractivity contribution >= 4 is 5.96 Å². The van der Waals surface area contributed by atoms with Crippen LogP contribution in [0.15, 0.2) is 4.99 Å². The van der Waals surface area contributed by atoms with Crippen LogP contribution < -0.4 is 11.2 Å². The molecule has 0 amide bonds. The third-order valence-electron chi connectivity index (χ3n) is 1.86. The lowest BCUT2D eigenvalue weighted by Crippen LogP contribution is -2.32. The lowest BCUT2D eigenvalue weighted by molar-refractivity contribution is 0.164. The van der Waals surface area contributed by atoms with E-state index in [-0.39, 0.29) is 12.0 Å². The number of guanidine groups is 1. The highest BCUT2D eigenvalue weighted by Gasteiger charge is 2.24. The molecule has 1 aliphatic rings. The second-order valence-electron chi connectivity index (χ2n) is 2.69. The van der Waals surface area contributed by atoms with E-state index < -0.39 is 6.10 Å². The van der Waals surface area contributed by atoms with Crippen LogP contribution >= 0.6 is 0 Å². The molecule has 0 spiro atoms. The molecular weight excluding hydrogens is 146 g/mol. The Labute approximate surface area is 64.9 Å². The topological polar surface area (TPSA) is 90.9 Å². The largest absolute Gasteiger partial charge is 0.391 e. The molecule has 0 saturated heterocycles. The fraction of sp³-hybridized carbons (Fsp3) is 0.833. The van der Waals surface area contributed by atoms with E-state index in [4.69, 9.17) is 10.9 Å². The Bertz CT molecular complexity index is 160. The van der Waals surface area contributed by atoms with Crippen LogP contribution in [0.4, 0.5) is 0 Å². The van der Waals surface area contributed by atoms with Gasteiger partial charge in [-0.1, -0.05) is 0 Å². The van der Waals surface area contributed by atoms with Gasteiger partial charge in [-0.3, -0.25) is 5.21 Å². The number of nitrogens with two attached hydrogens (primary N) is 1. The molecule has 0 aliphatic heterocycles. The van der Waals surface area contributed by atoms with Crippen LogP contribution in [0, 0.1) is 0 Å². The Morgan fingerprint density at radius 3 is 2.73 bits per heavy atom. The van der Waals surface area contributed by atoms with Crippen molar-refractivity contribution in [2.45, 2.75) is 31.4 Å². The lowest BCUT2D eigenvalue weighted by Gasteiger charge is -2.09. The van der Waals surface area contributed by atoms with E-state index in [1.807, 2.05) is 0 Å². The number of hydroxylamine groups is 1. The first-order valence-electron chi connectivity index (χ1n) is 3.65. The fourth-order valence-corrected chi connectivity index (χ4v) is 1.28. The van der Waals surface area contributed by atoms with Crippen molar-refractivity contribution in [2.75, 3.05) is 0 Å². The van der Waals surface area contributed by atoms with Gasteiger partial charge in [0.25, 0.3) is 0 Å². The van der Waals surface area contributed by atoms with E-state index in [1.165, 1.54) is 0 Å². The van der Waals surface area contributed by atoms with E-state index in [0.29, 0.717) is 0 Å². The maximum absolute atomic E-state index is 9.26. The van der Waals surface area contributed by atoms with Gasteiger partial charge in [0.1, 0.15) is 0 Å². The summed E-state index contributed by atoms with van der Waals surface area (Å²) < 4.78 is 0. The first kappa shape index (κ1) is 8.29. The molecule has 0 aromatic carbocycles. The van der Waals surface area contributed by atoms with Crippen molar-refractivity contribution in [3.63, 3.8) is 0 Å². The van der Waals surface area contributed by atoms with Gasteiger partial charge < -0.3 is 10.8 Å². The molecule has 5 heteroatoms. The summed E-state index contributed by atoms with van der Waals surface area (Å²) in [6.45, 7) is 0. The predicted octanol–water partition coefficient (Wildman–Crippen LogP) is -0.807. The van der Waals surface area contributed by atoms with E-state index >= 15 is 0 Å². The van der Waals surface area contributed by atoms with Crippen molar-refractivity contribution in [2.24, 2.45) is 10.7 Å². The minimum Gasteiger partial charge on any atom is -0.391 e. The molecule has 5 nitrogen and oxygen atoms in total. The van der Waals surface area contributed by atoms with E-state index in [2.05, 4.69) is 4.99 Å². The first-order chi connectivity index (χ1) is 5.24. The SMILES string of the molecule is NC(=NC1CCCC1O)NO. The van der Waals surface area contributed by atoms with Crippen LogP contribution in [0.1, 0.15) is 19.3 Å². The van der Waals surface area contributed by atoms with Crippen molar-refractivity contribution in [1.82, 2.24) is 5.48 Å². The van der Waals surface area contributed by atoms with E-state index in [0.717, 1.165) is 19.3 Å². The molecule has 1 rings (SSSR count). The number of aliphatic imine (C=N–C) groups is 1. The van der Waals surface area contributed by atoms with Gasteiger partial charge in [0.15, 0.2) is 0 Å². The maximum Gasteiger partial charge on any atom is 0.213 e. The number of hydrogen-bond donors (Lipinski definition) is 4. The van der Waals surface area contributed by atoms with E-state index in [1.54, 1.807) is 5.48 Å². The summed E-state index contributed by atoms with van der Waals surface area (Å²) in [5.41, 5.74) is 6.92. The summed E-state index contributed by atoms with van der Waals surface area (Å²) in [5, 5.41) is 17.6. The molecule has 2 atom stereocenters. The number of nitrogens with one attached hydrogen (secondary N) is 1. The molecule has 0 bridgehead atoms. The minimum atomic E-state index is -0.401. The zero-order valence-electron chi connectivity index (χ0n) is 6.20. The standard InChI is InChI=1S/C6H13N3O2/c7-6(9-11)8-4-2-1-3-5(4)10/h4-5,10-11H,1-3H2,(H3,7,8,9). The average Bonchev–Trinajstić information content (AvgIpc) is 2.37. The molecule has 0 radical (unpaired) electrons. The Morgan fingerprint density at radius 1 is 1.55 bits per heavy atom. The normalized spacial score (nSPS) is 32.4. The summed E-state index contributed by atoms with van der Waals surface area (Å²) in [6, 6.07) is -0.144. The van der Waals surface area contributed by atoms with Crippen LogP contribution in [0.5, 0.6) is 0 Å². The number of hydrogen-bond acceptors (Lipinski definition) is 3. The molecule has 0 aromatic heterocycles. The minimum absolute atomic E-state index is 0.0315. The first-order valence-corrected chi connectivity index (χ1v) is 3.65. The fourth-order valence-electron chi connectivity index (χ4n) is 1.28. The highest BCUT2D eigenvalue weighted by Crippen LogP contribution is 2.21. The van der Waals surface area contributed by atoms with Crippen LogP contribution in [0.25, 0.3) is 0 Å². The predicted molar refractivity (Wildman–Crippen MR) is 40.2 cm³/mol. The molecule has 1 aliphatic carbocycles. The van der Waals surface area contributed by atoms with Gasteiger partial charge in [-0.05, 0) is 19.3 Å². The third-order valence-corrected chi connectivity index (χ3v) is 1.86. The molecule has 1 saturated carbocycles. The van der Waals surface area contributed by atoms with Gasteiger partial charge in [-0.15, -0.1) is 0 Å². The highest BCUT2D eigenvalue weighted by molar-refractivity contribution is 5.76. The van der Waals surface area contributed by atoms with Gasteiger partial charge in [-0.25, -0.2) is 10.5 Å². The number of rotatable bonds is 1. The van der Waals surface area contributed by atoms with Crippen molar-refractivity contribution in [3.8, 4) is 0 Å². The molecule has 11 heavy (non-hydrogen) atoms. The van der Waals surface area contributed by atoms with Crippen LogP contribution in [-0.4, -0.2) is 28.4 Å². The summed E-state index contributed by atoms with van der Waals surface area (Å²) in [5.74, 6) is -0.0315. The quantitative estimate of drug-likeness (QED) is 0.229. The molecule has 2 unspecified atom stereocenters. The van der Waals surface area contributed by atoms with Gasteiger partial charge in [-0.2, -0.15) is 0 Å². The van der Waals surface area contributed by atoms with Crippen LogP contribution in [0.3, 0.4) is 0 Å². The second-order valence-corrected chi connectivity index (χ2v) is 2.69. The van der Waals surface area contributed by atoms with Gasteiger partial charge >= 0.3 is 0 Å². The Balaban J connectivity index is 2.47. The second kappa shape index (κ2) is 3.54. The summed E-state index contributed by atoms with van der Waals surface area (Å²) >= 11 is 0. The van der Waals surface area contributed by atoms with Crippen molar-refractivity contribution < 1.29 is 10.3 Å². The third kappa shape index (κ3) is 2.06. The van der Waals surface area contributed by atoms with Gasteiger partial charge in [0.05, 0.1) is 12.1 Å². The number of nitrogens with zero attached hydrogens (tertiary/aromatic N) is 1. The van der Waals surface area contributed by atoms with Crippen molar-refractivity contribution in [1.29, 1.82) is 0 Å². The van der Waals surface area contributed by atoms with Gasteiger partial charge in [0.2, 0.25) is 5.96 Å². The Kier molecular flexibility index (Phi) is 2.67. The average molecular weight is 159 g/mol. The van der Waals surface area contributed by atoms with Crippen LogP contribution in [-0.2, 0) is 0 Å². The summed E-state index contributed by atoms with van der Waals surface area (Å²) in [4.78, 5) is 3.86. The zero-order valence-corrected chi connectivity index (χ0v) is 6.20. The molecule has 1 fully saturated rings.